The molecule has 1 aromatic carbocycles. The van der Waals surface area contributed by atoms with Gasteiger partial charge < -0.3 is 9.29 Å². The zero-order chi connectivity index (χ0) is 14.8. The fraction of sp³-hybridized carbons (Fsp3) is 0.111. The zero-order valence-corrected chi connectivity index (χ0v) is 13.7. The largest absolute Gasteiger partial charge is 1.00 e. The third-order valence-electron chi connectivity index (χ3n) is 1.78. The Morgan fingerprint density at radius 3 is 1.90 bits per heavy atom. The second-order valence-corrected chi connectivity index (χ2v) is 4.50. The quantitative estimate of drug-likeness (QED) is 0.426. The van der Waals surface area contributed by atoms with Crippen LogP contribution < -0.4 is 56.1 Å². The van der Waals surface area contributed by atoms with Crippen molar-refractivity contribution in [3.8, 4) is 5.75 Å². The van der Waals surface area contributed by atoms with E-state index in [4.69, 9.17) is 0 Å². The van der Waals surface area contributed by atoms with Crippen molar-refractivity contribution in [3.63, 3.8) is 0 Å². The van der Waals surface area contributed by atoms with E-state index >= 15 is 0 Å². The van der Waals surface area contributed by atoms with E-state index in [1.165, 1.54) is 0 Å². The van der Waals surface area contributed by atoms with Crippen LogP contribution in [-0.4, -0.2) is 19.1 Å². The second-order valence-electron chi connectivity index (χ2n) is 3.12. The number of alkyl halides is 2. The van der Waals surface area contributed by atoms with Crippen LogP contribution in [-0.2, 0) is 10.1 Å². The Balaban J connectivity index is 0.00000361. The van der Waals surface area contributed by atoms with E-state index in [9.17, 15) is 34.9 Å². The molecule has 4 nitrogen and oxygen atoms in total. The molecule has 0 unspecified atom stereocenters. The van der Waals surface area contributed by atoms with Crippen LogP contribution in [0.3, 0.4) is 0 Å². The van der Waals surface area contributed by atoms with Gasteiger partial charge in [0.05, 0.1) is 4.90 Å². The standard InChI is InChI=1S/C9H5F5O4S.K/c10-7(8(11)12)9(13,14)18-5-1-3-6(4-2-5)19(15,16)17;/h1-4H,(H,15,16,17);/q;+1/p-1. The molecule has 0 saturated heterocycles. The Labute approximate surface area is 152 Å². The first-order valence-electron chi connectivity index (χ1n) is 4.38. The Hall–Kier alpha value is -0.0436. The van der Waals surface area contributed by atoms with Crippen molar-refractivity contribution in [3.05, 3.63) is 36.2 Å². The molecule has 0 bridgehead atoms. The Morgan fingerprint density at radius 2 is 1.55 bits per heavy atom. The molecule has 0 atom stereocenters. The molecular formula is C9H4F5KO4S. The van der Waals surface area contributed by atoms with E-state index in [2.05, 4.69) is 4.74 Å². The van der Waals surface area contributed by atoms with Gasteiger partial charge in [0, 0.05) is 0 Å². The SMILES string of the molecule is O=S(=O)([O-])c1ccc(OC(F)(F)C(F)=C(F)F)cc1.[K+]. The van der Waals surface area contributed by atoms with Crippen molar-refractivity contribution in [1.29, 1.82) is 0 Å². The summed E-state index contributed by atoms with van der Waals surface area (Å²) in [5, 5.41) is 0. The van der Waals surface area contributed by atoms with Crippen molar-refractivity contribution in [2.24, 2.45) is 0 Å². The van der Waals surface area contributed by atoms with Gasteiger partial charge in [-0.2, -0.15) is 22.0 Å². The maximum Gasteiger partial charge on any atom is 1.00 e. The van der Waals surface area contributed by atoms with Gasteiger partial charge in [0.15, 0.2) is 0 Å². The molecule has 1 aromatic rings. The van der Waals surface area contributed by atoms with Crippen molar-refractivity contribution in [2.45, 2.75) is 11.0 Å². The van der Waals surface area contributed by atoms with Crippen LogP contribution in [0.25, 0.3) is 0 Å². The van der Waals surface area contributed by atoms with Gasteiger partial charge in [0.25, 0.3) is 5.83 Å². The summed E-state index contributed by atoms with van der Waals surface area (Å²) in [4.78, 5) is -0.740. The molecule has 0 fully saturated rings. The van der Waals surface area contributed by atoms with Crippen LogP contribution in [0.2, 0.25) is 0 Å². The summed E-state index contributed by atoms with van der Waals surface area (Å²) in [5.41, 5.74) is 0. The van der Waals surface area contributed by atoms with Crippen LogP contribution in [0.1, 0.15) is 0 Å². The van der Waals surface area contributed by atoms with Crippen LogP contribution in [0.5, 0.6) is 5.75 Å². The maximum atomic E-state index is 12.8. The molecule has 106 valence electrons. The molecule has 0 radical (unpaired) electrons. The monoisotopic (exact) mass is 342 g/mol. The maximum absolute atomic E-state index is 12.8. The van der Waals surface area contributed by atoms with Crippen LogP contribution in [0, 0.1) is 0 Å². The normalized spacial score (nSPS) is 11.5. The van der Waals surface area contributed by atoms with Gasteiger partial charge in [-0.25, -0.2) is 8.42 Å². The molecule has 0 aliphatic carbocycles. The van der Waals surface area contributed by atoms with Gasteiger partial charge >= 0.3 is 63.6 Å². The van der Waals surface area contributed by atoms with Crippen LogP contribution in [0.15, 0.2) is 41.1 Å². The molecular weight excluding hydrogens is 338 g/mol. The van der Waals surface area contributed by atoms with Crippen molar-refractivity contribution < 1.29 is 91.0 Å². The summed E-state index contributed by atoms with van der Waals surface area (Å²) in [7, 11) is -4.79. The predicted molar refractivity (Wildman–Crippen MR) is 50.3 cm³/mol. The first-order valence-corrected chi connectivity index (χ1v) is 5.79. The topological polar surface area (TPSA) is 66.4 Å². The minimum atomic E-state index is -4.91. The Kier molecular flexibility index (Phi) is 7.27. The summed E-state index contributed by atoms with van der Waals surface area (Å²) >= 11 is 0. The average Bonchev–Trinajstić information content (AvgIpc) is 2.26. The van der Waals surface area contributed by atoms with E-state index in [0.717, 1.165) is 0 Å². The number of ether oxygens (including phenoxy) is 1. The summed E-state index contributed by atoms with van der Waals surface area (Å²) < 4.78 is 96.5. The summed E-state index contributed by atoms with van der Waals surface area (Å²) in [6.07, 6.45) is -8.15. The van der Waals surface area contributed by atoms with Crippen molar-refractivity contribution in [2.75, 3.05) is 0 Å². The molecule has 0 aliphatic heterocycles. The molecule has 11 heteroatoms. The van der Waals surface area contributed by atoms with E-state index in [-0.39, 0.29) is 51.4 Å². The fourth-order valence-corrected chi connectivity index (χ4v) is 1.45. The zero-order valence-electron chi connectivity index (χ0n) is 9.74. The number of benzene rings is 1. The number of hydrogen-bond acceptors (Lipinski definition) is 4. The van der Waals surface area contributed by atoms with E-state index in [1.54, 1.807) is 0 Å². The van der Waals surface area contributed by atoms with Gasteiger partial charge in [-0.05, 0) is 24.3 Å². The molecule has 20 heavy (non-hydrogen) atoms. The molecule has 0 aliphatic rings. The fourth-order valence-electron chi connectivity index (χ4n) is 0.977. The first kappa shape index (κ1) is 20.0. The van der Waals surface area contributed by atoms with Gasteiger partial charge in [-0.3, -0.25) is 0 Å². The molecule has 1 rings (SSSR count). The second kappa shape index (κ2) is 7.29. The van der Waals surface area contributed by atoms with Gasteiger partial charge in [-0.1, -0.05) is 0 Å². The average molecular weight is 342 g/mol. The van der Waals surface area contributed by atoms with Crippen molar-refractivity contribution in [1.82, 2.24) is 0 Å². The molecule has 0 spiro atoms. The Morgan fingerprint density at radius 1 is 1.10 bits per heavy atom. The molecule has 0 aromatic heterocycles. The summed E-state index contributed by atoms with van der Waals surface area (Å²) in [6.45, 7) is 0. The molecule has 0 saturated carbocycles. The van der Waals surface area contributed by atoms with Crippen LogP contribution in [0.4, 0.5) is 22.0 Å². The first-order chi connectivity index (χ1) is 8.54. The number of hydrogen-bond donors (Lipinski definition) is 0. The number of halogens is 5. The van der Waals surface area contributed by atoms with E-state index < -0.39 is 38.8 Å². The smallest absolute Gasteiger partial charge is 0.744 e. The van der Waals surface area contributed by atoms with Crippen molar-refractivity contribution >= 4 is 10.1 Å². The third kappa shape index (κ3) is 5.39. The molecule has 0 amide bonds. The van der Waals surface area contributed by atoms with E-state index in [0.29, 0.717) is 24.3 Å². The van der Waals surface area contributed by atoms with Crippen LogP contribution >= 0.6 is 0 Å². The minimum Gasteiger partial charge on any atom is -0.744 e. The molecule has 0 heterocycles. The van der Waals surface area contributed by atoms with Gasteiger partial charge in [0.1, 0.15) is 15.9 Å². The summed E-state index contributed by atoms with van der Waals surface area (Å²) in [5.74, 6) is -3.86. The van der Waals surface area contributed by atoms with E-state index in [1.807, 2.05) is 0 Å². The predicted octanol–water partition coefficient (Wildman–Crippen LogP) is -0.356. The number of rotatable bonds is 4. The third-order valence-corrected chi connectivity index (χ3v) is 2.63. The molecule has 0 N–H and O–H groups in total. The summed E-state index contributed by atoms with van der Waals surface area (Å²) in [6, 6.07) is 2.42. The Bertz CT molecular complexity index is 595. The van der Waals surface area contributed by atoms with Gasteiger partial charge in [-0.15, -0.1) is 0 Å². The van der Waals surface area contributed by atoms with Gasteiger partial charge in [0.2, 0.25) is 0 Å². The minimum absolute atomic E-state index is 0.